The standard InChI is InChI=1S/C10H18N4/c1-13-5-3-10(12-13)4-7-14-6-2-9(11)8-14/h3,5,9H,2,4,6-8,11H2,1H3. The zero-order valence-corrected chi connectivity index (χ0v) is 8.69. The summed E-state index contributed by atoms with van der Waals surface area (Å²) >= 11 is 0. The summed E-state index contributed by atoms with van der Waals surface area (Å²) in [6.45, 7) is 3.28. The summed E-state index contributed by atoms with van der Waals surface area (Å²) in [6, 6.07) is 2.47. The summed E-state index contributed by atoms with van der Waals surface area (Å²) in [7, 11) is 1.95. The molecule has 14 heavy (non-hydrogen) atoms. The van der Waals surface area contributed by atoms with Crippen LogP contribution >= 0.6 is 0 Å². The highest BCUT2D eigenvalue weighted by Gasteiger charge is 2.18. The lowest BCUT2D eigenvalue weighted by Gasteiger charge is -2.13. The van der Waals surface area contributed by atoms with Crippen molar-refractivity contribution < 1.29 is 0 Å². The first-order valence-corrected chi connectivity index (χ1v) is 5.20. The molecular weight excluding hydrogens is 176 g/mol. The fraction of sp³-hybridized carbons (Fsp3) is 0.700. The Morgan fingerprint density at radius 3 is 3.07 bits per heavy atom. The molecule has 1 saturated heterocycles. The molecule has 0 aliphatic carbocycles. The van der Waals surface area contributed by atoms with Crippen molar-refractivity contribution in [2.45, 2.75) is 18.9 Å². The van der Waals surface area contributed by atoms with Crippen molar-refractivity contribution in [3.05, 3.63) is 18.0 Å². The fourth-order valence-electron chi connectivity index (χ4n) is 1.93. The third-order valence-corrected chi connectivity index (χ3v) is 2.76. The van der Waals surface area contributed by atoms with Gasteiger partial charge in [0.05, 0.1) is 5.69 Å². The molecule has 0 radical (unpaired) electrons. The van der Waals surface area contributed by atoms with E-state index in [4.69, 9.17) is 5.73 Å². The molecule has 4 heteroatoms. The van der Waals surface area contributed by atoms with Crippen LogP contribution in [0, 0.1) is 0 Å². The first kappa shape index (κ1) is 9.68. The van der Waals surface area contributed by atoms with Crippen molar-refractivity contribution in [1.82, 2.24) is 14.7 Å². The van der Waals surface area contributed by atoms with Crippen LogP contribution in [0.1, 0.15) is 12.1 Å². The lowest BCUT2D eigenvalue weighted by molar-refractivity contribution is 0.337. The number of nitrogens with two attached hydrogens (primary N) is 1. The Labute approximate surface area is 84.7 Å². The minimum Gasteiger partial charge on any atom is -0.326 e. The highest BCUT2D eigenvalue weighted by Crippen LogP contribution is 2.07. The summed E-state index contributed by atoms with van der Waals surface area (Å²) in [5.74, 6) is 0. The summed E-state index contributed by atoms with van der Waals surface area (Å²) in [6.07, 6.45) is 4.17. The summed E-state index contributed by atoms with van der Waals surface area (Å²) in [4.78, 5) is 2.42. The SMILES string of the molecule is Cn1ccc(CCN2CCC(N)C2)n1. The van der Waals surface area contributed by atoms with Crippen LogP contribution in [0.15, 0.2) is 12.3 Å². The molecule has 4 nitrogen and oxygen atoms in total. The van der Waals surface area contributed by atoms with E-state index in [1.165, 1.54) is 5.69 Å². The van der Waals surface area contributed by atoms with E-state index < -0.39 is 0 Å². The molecule has 2 N–H and O–H groups in total. The van der Waals surface area contributed by atoms with E-state index in [2.05, 4.69) is 16.1 Å². The number of hydrogen-bond donors (Lipinski definition) is 1. The van der Waals surface area contributed by atoms with Gasteiger partial charge in [0.2, 0.25) is 0 Å². The van der Waals surface area contributed by atoms with Crippen LogP contribution in [0.25, 0.3) is 0 Å². The van der Waals surface area contributed by atoms with Gasteiger partial charge in [-0.2, -0.15) is 5.10 Å². The third-order valence-electron chi connectivity index (χ3n) is 2.76. The van der Waals surface area contributed by atoms with E-state index in [-0.39, 0.29) is 0 Å². The van der Waals surface area contributed by atoms with Crippen LogP contribution in [0.5, 0.6) is 0 Å². The van der Waals surface area contributed by atoms with Gasteiger partial charge >= 0.3 is 0 Å². The minimum atomic E-state index is 0.388. The third kappa shape index (κ3) is 2.33. The molecule has 2 heterocycles. The monoisotopic (exact) mass is 194 g/mol. The average Bonchev–Trinajstić information content (AvgIpc) is 2.72. The van der Waals surface area contributed by atoms with Crippen molar-refractivity contribution >= 4 is 0 Å². The Hall–Kier alpha value is -0.870. The van der Waals surface area contributed by atoms with E-state index in [1.807, 2.05) is 17.9 Å². The van der Waals surface area contributed by atoms with E-state index in [9.17, 15) is 0 Å². The largest absolute Gasteiger partial charge is 0.326 e. The minimum absolute atomic E-state index is 0.388. The van der Waals surface area contributed by atoms with Crippen molar-refractivity contribution in [1.29, 1.82) is 0 Å². The van der Waals surface area contributed by atoms with Gasteiger partial charge < -0.3 is 10.6 Å². The van der Waals surface area contributed by atoms with Gasteiger partial charge in [-0.25, -0.2) is 0 Å². The second kappa shape index (κ2) is 4.11. The number of aryl methyl sites for hydroxylation is 1. The molecular formula is C10H18N4. The Morgan fingerprint density at radius 1 is 1.64 bits per heavy atom. The molecule has 0 amide bonds. The molecule has 1 aromatic heterocycles. The first-order valence-electron chi connectivity index (χ1n) is 5.20. The van der Waals surface area contributed by atoms with Gasteiger partial charge in [-0.15, -0.1) is 0 Å². The predicted molar refractivity (Wildman–Crippen MR) is 55.9 cm³/mol. The van der Waals surface area contributed by atoms with Crippen LogP contribution < -0.4 is 5.73 Å². The molecule has 1 aliphatic heterocycles. The maximum atomic E-state index is 5.84. The quantitative estimate of drug-likeness (QED) is 0.736. The van der Waals surface area contributed by atoms with Crippen LogP contribution in [0.2, 0.25) is 0 Å². The smallest absolute Gasteiger partial charge is 0.0637 e. The molecule has 78 valence electrons. The van der Waals surface area contributed by atoms with Gasteiger partial charge in [0.15, 0.2) is 0 Å². The molecule has 0 aromatic carbocycles. The van der Waals surface area contributed by atoms with E-state index in [1.54, 1.807) is 0 Å². The number of likely N-dealkylation sites (tertiary alicyclic amines) is 1. The Balaban J connectivity index is 1.77. The maximum Gasteiger partial charge on any atom is 0.0637 e. The normalized spacial score (nSPS) is 23.1. The summed E-state index contributed by atoms with van der Waals surface area (Å²) in [5, 5.41) is 4.35. The van der Waals surface area contributed by atoms with E-state index in [0.29, 0.717) is 6.04 Å². The summed E-state index contributed by atoms with van der Waals surface area (Å²) in [5.41, 5.74) is 7.01. The van der Waals surface area contributed by atoms with Crippen LogP contribution in [-0.4, -0.2) is 40.4 Å². The van der Waals surface area contributed by atoms with Crippen LogP contribution in [0.4, 0.5) is 0 Å². The second-order valence-corrected chi connectivity index (χ2v) is 4.08. The lowest BCUT2D eigenvalue weighted by Crippen LogP contribution is -2.28. The number of hydrogen-bond acceptors (Lipinski definition) is 3. The second-order valence-electron chi connectivity index (χ2n) is 4.08. The Morgan fingerprint density at radius 2 is 2.50 bits per heavy atom. The molecule has 0 bridgehead atoms. The molecule has 0 saturated carbocycles. The van der Waals surface area contributed by atoms with Crippen molar-refractivity contribution in [3.8, 4) is 0 Å². The van der Waals surface area contributed by atoms with Crippen LogP contribution in [0.3, 0.4) is 0 Å². The van der Waals surface area contributed by atoms with E-state index >= 15 is 0 Å². The Bertz CT molecular complexity index is 294. The zero-order chi connectivity index (χ0) is 9.97. The highest BCUT2D eigenvalue weighted by molar-refractivity contribution is 4.99. The van der Waals surface area contributed by atoms with Crippen LogP contribution in [-0.2, 0) is 13.5 Å². The van der Waals surface area contributed by atoms with Crippen molar-refractivity contribution in [2.24, 2.45) is 12.8 Å². The van der Waals surface area contributed by atoms with Gasteiger partial charge in [-0.1, -0.05) is 0 Å². The average molecular weight is 194 g/mol. The van der Waals surface area contributed by atoms with E-state index in [0.717, 1.165) is 32.5 Å². The number of rotatable bonds is 3. The van der Waals surface area contributed by atoms with Crippen molar-refractivity contribution in [3.63, 3.8) is 0 Å². The fourth-order valence-corrected chi connectivity index (χ4v) is 1.93. The molecule has 2 rings (SSSR count). The molecule has 1 fully saturated rings. The number of nitrogens with zero attached hydrogens (tertiary/aromatic N) is 3. The molecule has 1 unspecified atom stereocenters. The Kier molecular flexibility index (Phi) is 2.84. The van der Waals surface area contributed by atoms with Crippen molar-refractivity contribution in [2.75, 3.05) is 19.6 Å². The molecule has 1 aliphatic rings. The lowest BCUT2D eigenvalue weighted by atomic mass is 10.3. The summed E-state index contributed by atoms with van der Waals surface area (Å²) < 4.78 is 1.85. The predicted octanol–water partition coefficient (Wildman–Crippen LogP) is -0.00440. The topological polar surface area (TPSA) is 47.1 Å². The zero-order valence-electron chi connectivity index (χ0n) is 8.69. The maximum absolute atomic E-state index is 5.84. The highest BCUT2D eigenvalue weighted by atomic mass is 15.2. The van der Waals surface area contributed by atoms with Gasteiger partial charge in [0, 0.05) is 38.8 Å². The van der Waals surface area contributed by atoms with Gasteiger partial charge in [-0.3, -0.25) is 4.68 Å². The van der Waals surface area contributed by atoms with Gasteiger partial charge in [0.1, 0.15) is 0 Å². The molecule has 1 aromatic rings. The van der Waals surface area contributed by atoms with Gasteiger partial charge in [-0.05, 0) is 19.0 Å². The number of aromatic nitrogens is 2. The molecule has 1 atom stereocenters. The van der Waals surface area contributed by atoms with Gasteiger partial charge in [0.25, 0.3) is 0 Å². The molecule has 0 spiro atoms. The first-order chi connectivity index (χ1) is 6.74.